The van der Waals surface area contributed by atoms with E-state index in [9.17, 15) is 13.2 Å². The van der Waals surface area contributed by atoms with E-state index in [1.54, 1.807) is 6.07 Å². The van der Waals surface area contributed by atoms with Gasteiger partial charge < -0.3 is 4.90 Å². The lowest BCUT2D eigenvalue weighted by atomic mass is 9.94. The number of likely N-dealkylation sites (N-methyl/N-ethyl adjacent to an activating group) is 1. The number of benzene rings is 2. The average molecular weight is 459 g/mol. The Morgan fingerprint density at radius 1 is 1.00 bits per heavy atom. The smallest absolute Gasteiger partial charge is 0.301 e. The number of hydrogen-bond donors (Lipinski definition) is 0. The van der Waals surface area contributed by atoms with Crippen molar-refractivity contribution >= 4 is 0 Å². The molecule has 0 bridgehead atoms. The van der Waals surface area contributed by atoms with E-state index in [-0.39, 0.29) is 18.8 Å². The average Bonchev–Trinajstić information content (AvgIpc) is 3.31. The maximum absolute atomic E-state index is 12.9. The quantitative estimate of drug-likeness (QED) is 0.388. The molecule has 0 N–H and O–H groups in total. The molecule has 3 rings (SSSR count). The first kappa shape index (κ1) is 26.9. The van der Waals surface area contributed by atoms with E-state index in [4.69, 9.17) is 5.26 Å². The summed E-state index contributed by atoms with van der Waals surface area (Å²) in [6.45, 7) is 8.03. The lowest BCUT2D eigenvalue weighted by molar-refractivity contribution is -0.172. The van der Waals surface area contributed by atoms with Gasteiger partial charge in [0.05, 0.1) is 12.0 Å². The van der Waals surface area contributed by atoms with Gasteiger partial charge in [-0.1, -0.05) is 61.5 Å². The third-order valence-corrected chi connectivity index (χ3v) is 6.76. The van der Waals surface area contributed by atoms with Crippen molar-refractivity contribution in [3.8, 4) is 6.07 Å². The highest BCUT2D eigenvalue weighted by atomic mass is 19.4. The molecule has 1 fully saturated rings. The molecular formula is C28H37F3N2. The normalized spacial score (nSPS) is 19.0. The molecule has 5 heteroatoms. The molecular weight excluding hydrogens is 421 g/mol. The number of hydrogen-bond acceptors (Lipinski definition) is 2. The molecule has 33 heavy (non-hydrogen) atoms. The standard InChI is InChI=1S/C26H34F3N.C2H3N/c1-3-30(18-17-21-7-5-4-6-8-21)20(2)9-10-22-11-13-23(14-12-22)24-15-16-25(19-24)26(27,28)29;1-2-3/h4-8,11-14,20,24-25H,3,9-10,15-19H2,1-2H3;1H3. The van der Waals surface area contributed by atoms with Crippen molar-refractivity contribution in [1.29, 1.82) is 5.26 Å². The van der Waals surface area contributed by atoms with Crippen molar-refractivity contribution in [1.82, 2.24) is 4.90 Å². The first-order chi connectivity index (χ1) is 15.8. The largest absolute Gasteiger partial charge is 0.391 e. The number of nitriles is 1. The van der Waals surface area contributed by atoms with Crippen molar-refractivity contribution in [3.63, 3.8) is 0 Å². The molecule has 1 saturated carbocycles. The first-order valence-electron chi connectivity index (χ1n) is 12.0. The summed E-state index contributed by atoms with van der Waals surface area (Å²) in [6.07, 6.45) is 0.259. The van der Waals surface area contributed by atoms with Crippen LogP contribution in [0.3, 0.4) is 0 Å². The Morgan fingerprint density at radius 2 is 1.61 bits per heavy atom. The zero-order chi connectivity index (χ0) is 24.3. The zero-order valence-corrected chi connectivity index (χ0v) is 20.1. The molecule has 1 aliphatic carbocycles. The van der Waals surface area contributed by atoms with Gasteiger partial charge in [-0.05, 0) is 74.6 Å². The number of aryl methyl sites for hydroxylation is 1. The van der Waals surface area contributed by atoms with Crippen LogP contribution in [0, 0.1) is 17.2 Å². The van der Waals surface area contributed by atoms with Gasteiger partial charge in [0.2, 0.25) is 0 Å². The van der Waals surface area contributed by atoms with Crippen LogP contribution in [0.25, 0.3) is 0 Å². The maximum Gasteiger partial charge on any atom is 0.391 e. The lowest BCUT2D eigenvalue weighted by Gasteiger charge is -2.28. The van der Waals surface area contributed by atoms with Crippen LogP contribution in [-0.2, 0) is 12.8 Å². The van der Waals surface area contributed by atoms with E-state index < -0.39 is 12.1 Å². The minimum atomic E-state index is -4.05. The molecule has 180 valence electrons. The fourth-order valence-electron chi connectivity index (χ4n) is 4.70. The molecule has 1 aliphatic rings. The Hall–Kier alpha value is -2.32. The molecule has 2 aromatic carbocycles. The predicted octanol–water partition coefficient (Wildman–Crippen LogP) is 7.55. The van der Waals surface area contributed by atoms with Gasteiger partial charge in [0.15, 0.2) is 0 Å². The van der Waals surface area contributed by atoms with Crippen molar-refractivity contribution in [3.05, 3.63) is 71.3 Å². The predicted molar refractivity (Wildman–Crippen MR) is 129 cm³/mol. The van der Waals surface area contributed by atoms with Crippen LogP contribution in [0.15, 0.2) is 54.6 Å². The van der Waals surface area contributed by atoms with E-state index in [1.807, 2.05) is 0 Å². The summed E-state index contributed by atoms with van der Waals surface area (Å²) < 4.78 is 38.8. The van der Waals surface area contributed by atoms with Crippen molar-refractivity contribution in [2.24, 2.45) is 5.92 Å². The SMILES string of the molecule is CC#N.CCN(CCc1ccccc1)C(C)CCc1ccc(C2CCC(C(F)(F)F)C2)cc1. The van der Waals surface area contributed by atoms with E-state index in [1.165, 1.54) is 18.1 Å². The van der Waals surface area contributed by atoms with Crippen LogP contribution in [0.2, 0.25) is 0 Å². The third-order valence-electron chi connectivity index (χ3n) is 6.76. The van der Waals surface area contributed by atoms with E-state index in [2.05, 4.69) is 73.3 Å². The second-order valence-corrected chi connectivity index (χ2v) is 8.97. The van der Waals surface area contributed by atoms with Gasteiger partial charge in [0, 0.05) is 19.5 Å². The Kier molecular flexibility index (Phi) is 10.9. The van der Waals surface area contributed by atoms with Crippen LogP contribution in [0.1, 0.15) is 69.1 Å². The van der Waals surface area contributed by atoms with Gasteiger partial charge in [0.1, 0.15) is 0 Å². The van der Waals surface area contributed by atoms with Crippen molar-refractivity contribution in [2.75, 3.05) is 13.1 Å². The van der Waals surface area contributed by atoms with Crippen LogP contribution in [0.5, 0.6) is 0 Å². The Balaban J connectivity index is 0.00000122. The molecule has 0 aliphatic heterocycles. The summed E-state index contributed by atoms with van der Waals surface area (Å²) in [6, 6.07) is 21.2. The number of halogens is 3. The number of nitrogens with zero attached hydrogens (tertiary/aromatic N) is 2. The van der Waals surface area contributed by atoms with Gasteiger partial charge >= 0.3 is 6.18 Å². The van der Waals surface area contributed by atoms with Crippen LogP contribution >= 0.6 is 0 Å². The maximum atomic E-state index is 12.9. The van der Waals surface area contributed by atoms with Crippen LogP contribution < -0.4 is 0 Å². The highest BCUT2D eigenvalue weighted by molar-refractivity contribution is 5.26. The molecule has 0 heterocycles. The molecule has 2 nitrogen and oxygen atoms in total. The minimum Gasteiger partial charge on any atom is -0.301 e. The number of alkyl halides is 3. The Morgan fingerprint density at radius 3 is 2.15 bits per heavy atom. The fraction of sp³-hybridized carbons (Fsp3) is 0.536. The van der Waals surface area contributed by atoms with E-state index >= 15 is 0 Å². The third kappa shape index (κ3) is 8.85. The van der Waals surface area contributed by atoms with Crippen LogP contribution in [0.4, 0.5) is 13.2 Å². The zero-order valence-electron chi connectivity index (χ0n) is 20.1. The molecule has 3 atom stereocenters. The molecule has 3 unspecified atom stereocenters. The highest BCUT2D eigenvalue weighted by Crippen LogP contribution is 2.45. The molecule has 2 aromatic rings. The molecule has 0 saturated heterocycles. The second-order valence-electron chi connectivity index (χ2n) is 8.97. The van der Waals surface area contributed by atoms with Crippen molar-refractivity contribution < 1.29 is 13.2 Å². The Bertz CT molecular complexity index is 840. The summed E-state index contributed by atoms with van der Waals surface area (Å²) in [7, 11) is 0. The van der Waals surface area contributed by atoms with Gasteiger partial charge in [-0.2, -0.15) is 18.4 Å². The number of rotatable bonds is 9. The van der Waals surface area contributed by atoms with Crippen molar-refractivity contribution in [2.45, 2.75) is 77.4 Å². The summed E-state index contributed by atoms with van der Waals surface area (Å²) in [5.74, 6) is -1.07. The summed E-state index contributed by atoms with van der Waals surface area (Å²) in [5.41, 5.74) is 3.71. The van der Waals surface area contributed by atoms with Gasteiger partial charge in [-0.3, -0.25) is 0 Å². The summed E-state index contributed by atoms with van der Waals surface area (Å²) in [5, 5.41) is 7.32. The lowest BCUT2D eigenvalue weighted by Crippen LogP contribution is -2.35. The van der Waals surface area contributed by atoms with Gasteiger partial charge in [-0.15, -0.1) is 0 Å². The fourth-order valence-corrected chi connectivity index (χ4v) is 4.70. The first-order valence-corrected chi connectivity index (χ1v) is 12.0. The second kappa shape index (κ2) is 13.4. The topological polar surface area (TPSA) is 27.0 Å². The Labute approximate surface area is 197 Å². The van der Waals surface area contributed by atoms with Gasteiger partial charge in [0.25, 0.3) is 0 Å². The highest BCUT2D eigenvalue weighted by Gasteiger charge is 2.44. The molecule has 0 amide bonds. The molecule has 0 spiro atoms. The van der Waals surface area contributed by atoms with Gasteiger partial charge in [-0.25, -0.2) is 0 Å². The minimum absolute atomic E-state index is 0.0539. The van der Waals surface area contributed by atoms with E-state index in [0.717, 1.165) is 37.9 Å². The monoisotopic (exact) mass is 458 g/mol. The van der Waals surface area contributed by atoms with Crippen LogP contribution in [-0.4, -0.2) is 30.2 Å². The molecule has 0 aromatic heterocycles. The molecule has 0 radical (unpaired) electrons. The summed E-state index contributed by atoms with van der Waals surface area (Å²) >= 11 is 0. The van der Waals surface area contributed by atoms with E-state index in [0.29, 0.717) is 12.5 Å². The summed E-state index contributed by atoms with van der Waals surface area (Å²) in [4.78, 5) is 2.52.